The maximum atomic E-state index is 13.6. The smallest absolute Gasteiger partial charge is 0.132 e. The molecule has 1 aliphatic rings. The Labute approximate surface area is 85.0 Å². The SMILES string of the molecule is NC1c2ccsc2-c2c(F)cccc21. The van der Waals surface area contributed by atoms with Crippen LogP contribution >= 0.6 is 11.3 Å². The van der Waals surface area contributed by atoms with Gasteiger partial charge in [0.25, 0.3) is 0 Å². The molecule has 0 aliphatic heterocycles. The molecular weight excluding hydrogens is 197 g/mol. The standard InChI is InChI=1S/C11H8FNS/c12-8-3-1-2-6-9(8)11-7(10(6)13)4-5-14-11/h1-5,10H,13H2. The third-order valence-corrected chi connectivity index (χ3v) is 3.59. The minimum atomic E-state index is -0.167. The van der Waals surface area contributed by atoms with Crippen LogP contribution in [0, 0.1) is 5.82 Å². The number of hydrogen-bond donors (Lipinski definition) is 1. The molecule has 1 aliphatic carbocycles. The Bertz CT molecular complexity index is 504. The molecule has 0 saturated heterocycles. The van der Waals surface area contributed by atoms with Crippen molar-refractivity contribution in [1.29, 1.82) is 0 Å². The van der Waals surface area contributed by atoms with Crippen LogP contribution in [-0.4, -0.2) is 0 Å². The monoisotopic (exact) mass is 205 g/mol. The minimum absolute atomic E-state index is 0.151. The van der Waals surface area contributed by atoms with E-state index in [1.165, 1.54) is 6.07 Å². The number of nitrogens with two attached hydrogens (primary N) is 1. The summed E-state index contributed by atoms with van der Waals surface area (Å²) in [4.78, 5) is 0.991. The highest BCUT2D eigenvalue weighted by Crippen LogP contribution is 2.46. The first-order chi connectivity index (χ1) is 6.79. The fraction of sp³-hybridized carbons (Fsp3) is 0.0909. The molecule has 70 valence electrons. The Kier molecular flexibility index (Phi) is 1.54. The molecule has 14 heavy (non-hydrogen) atoms. The van der Waals surface area contributed by atoms with E-state index in [0.29, 0.717) is 5.56 Å². The van der Waals surface area contributed by atoms with Crippen molar-refractivity contribution >= 4 is 11.3 Å². The molecule has 0 saturated carbocycles. The lowest BCUT2D eigenvalue weighted by atomic mass is 10.1. The second-order valence-electron chi connectivity index (χ2n) is 3.39. The van der Waals surface area contributed by atoms with E-state index in [9.17, 15) is 4.39 Å². The van der Waals surface area contributed by atoms with Gasteiger partial charge in [-0.3, -0.25) is 0 Å². The molecule has 0 radical (unpaired) electrons. The summed E-state index contributed by atoms with van der Waals surface area (Å²) in [5.74, 6) is -0.167. The zero-order valence-corrected chi connectivity index (χ0v) is 8.14. The summed E-state index contributed by atoms with van der Waals surface area (Å²) in [6.45, 7) is 0. The summed E-state index contributed by atoms with van der Waals surface area (Å²) in [6.07, 6.45) is 0. The first kappa shape index (κ1) is 8.15. The molecule has 3 rings (SSSR count). The molecule has 1 aromatic carbocycles. The van der Waals surface area contributed by atoms with Crippen LogP contribution in [0.2, 0.25) is 0 Å². The zero-order chi connectivity index (χ0) is 9.71. The average Bonchev–Trinajstić information content (AvgIpc) is 2.72. The summed E-state index contributed by atoms with van der Waals surface area (Å²) in [7, 11) is 0. The maximum Gasteiger partial charge on any atom is 0.132 e. The summed E-state index contributed by atoms with van der Waals surface area (Å²) >= 11 is 1.55. The third-order valence-electron chi connectivity index (χ3n) is 2.64. The quantitative estimate of drug-likeness (QED) is 0.703. The molecule has 0 bridgehead atoms. The molecule has 2 aromatic rings. The minimum Gasteiger partial charge on any atom is -0.320 e. The van der Waals surface area contributed by atoms with Crippen molar-refractivity contribution in [2.75, 3.05) is 0 Å². The van der Waals surface area contributed by atoms with Crippen molar-refractivity contribution < 1.29 is 4.39 Å². The molecule has 0 spiro atoms. The van der Waals surface area contributed by atoms with Gasteiger partial charge >= 0.3 is 0 Å². The lowest BCUT2D eigenvalue weighted by molar-refractivity contribution is 0.630. The average molecular weight is 205 g/mol. The van der Waals surface area contributed by atoms with Crippen LogP contribution < -0.4 is 5.73 Å². The van der Waals surface area contributed by atoms with Crippen molar-refractivity contribution in [3.05, 3.63) is 46.6 Å². The van der Waals surface area contributed by atoms with Crippen molar-refractivity contribution in [2.24, 2.45) is 5.73 Å². The van der Waals surface area contributed by atoms with E-state index in [1.54, 1.807) is 17.4 Å². The summed E-state index contributed by atoms with van der Waals surface area (Å²) < 4.78 is 13.6. The van der Waals surface area contributed by atoms with Gasteiger partial charge in [-0.2, -0.15) is 0 Å². The van der Waals surface area contributed by atoms with Crippen LogP contribution in [-0.2, 0) is 0 Å². The van der Waals surface area contributed by atoms with Gasteiger partial charge in [-0.1, -0.05) is 12.1 Å². The molecule has 1 heterocycles. The fourth-order valence-corrected chi connectivity index (χ4v) is 2.99. The largest absolute Gasteiger partial charge is 0.320 e. The third kappa shape index (κ3) is 0.859. The fourth-order valence-electron chi connectivity index (χ4n) is 1.97. The molecule has 0 fully saturated rings. The number of halogens is 1. The van der Waals surface area contributed by atoms with Gasteiger partial charge in [0.05, 0.1) is 6.04 Å². The molecule has 2 N–H and O–H groups in total. The normalized spacial score (nSPS) is 18.0. The summed E-state index contributed by atoms with van der Waals surface area (Å²) in [6, 6.07) is 6.92. The highest BCUT2D eigenvalue weighted by atomic mass is 32.1. The van der Waals surface area contributed by atoms with Gasteiger partial charge in [-0.05, 0) is 28.6 Å². The highest BCUT2D eigenvalue weighted by molar-refractivity contribution is 7.13. The van der Waals surface area contributed by atoms with Gasteiger partial charge in [-0.25, -0.2) is 4.39 Å². The van der Waals surface area contributed by atoms with Crippen molar-refractivity contribution in [3.63, 3.8) is 0 Å². The van der Waals surface area contributed by atoms with Crippen molar-refractivity contribution in [1.82, 2.24) is 0 Å². The van der Waals surface area contributed by atoms with E-state index < -0.39 is 0 Å². The molecule has 1 unspecified atom stereocenters. The Morgan fingerprint density at radius 1 is 1.21 bits per heavy atom. The van der Waals surface area contributed by atoms with E-state index >= 15 is 0 Å². The van der Waals surface area contributed by atoms with Crippen molar-refractivity contribution in [2.45, 2.75) is 6.04 Å². The van der Waals surface area contributed by atoms with Crippen LogP contribution in [0.25, 0.3) is 10.4 Å². The van der Waals surface area contributed by atoms with E-state index in [0.717, 1.165) is 16.0 Å². The molecular formula is C11H8FNS. The summed E-state index contributed by atoms with van der Waals surface area (Å²) in [5, 5.41) is 1.96. The van der Waals surface area contributed by atoms with Gasteiger partial charge in [0.15, 0.2) is 0 Å². The Morgan fingerprint density at radius 3 is 2.93 bits per heavy atom. The lowest BCUT2D eigenvalue weighted by Gasteiger charge is -2.05. The maximum absolute atomic E-state index is 13.6. The lowest BCUT2D eigenvalue weighted by Crippen LogP contribution is -2.07. The Balaban J connectivity index is 2.40. The number of benzene rings is 1. The van der Waals surface area contributed by atoms with Gasteiger partial charge in [0, 0.05) is 10.4 Å². The number of thiophene rings is 1. The van der Waals surface area contributed by atoms with Crippen LogP contribution in [0.5, 0.6) is 0 Å². The molecule has 1 atom stereocenters. The second-order valence-corrected chi connectivity index (χ2v) is 4.30. The van der Waals surface area contributed by atoms with Gasteiger partial charge in [0.1, 0.15) is 5.82 Å². The topological polar surface area (TPSA) is 26.0 Å². The van der Waals surface area contributed by atoms with E-state index in [2.05, 4.69) is 0 Å². The van der Waals surface area contributed by atoms with Crippen molar-refractivity contribution in [3.8, 4) is 10.4 Å². The molecule has 1 nitrogen and oxygen atoms in total. The van der Waals surface area contributed by atoms with Crippen LogP contribution in [0.15, 0.2) is 29.6 Å². The van der Waals surface area contributed by atoms with Crippen LogP contribution in [0.3, 0.4) is 0 Å². The first-order valence-corrected chi connectivity index (χ1v) is 5.29. The Hall–Kier alpha value is -1.19. The summed E-state index contributed by atoms with van der Waals surface area (Å²) in [5.41, 5.74) is 8.67. The first-order valence-electron chi connectivity index (χ1n) is 4.41. The predicted octanol–water partition coefficient (Wildman–Crippen LogP) is 2.92. The molecule has 0 amide bonds. The molecule has 1 aromatic heterocycles. The van der Waals surface area contributed by atoms with Gasteiger partial charge < -0.3 is 5.73 Å². The number of hydrogen-bond acceptors (Lipinski definition) is 2. The van der Waals surface area contributed by atoms with Gasteiger partial charge in [0.2, 0.25) is 0 Å². The van der Waals surface area contributed by atoms with Gasteiger partial charge in [-0.15, -0.1) is 11.3 Å². The van der Waals surface area contributed by atoms with E-state index in [1.807, 2.05) is 17.5 Å². The van der Waals surface area contributed by atoms with E-state index in [4.69, 9.17) is 5.73 Å². The van der Waals surface area contributed by atoms with E-state index in [-0.39, 0.29) is 11.9 Å². The van der Waals surface area contributed by atoms with Crippen LogP contribution in [0.1, 0.15) is 17.2 Å². The number of fused-ring (bicyclic) bond motifs is 3. The number of rotatable bonds is 0. The predicted molar refractivity (Wildman–Crippen MR) is 55.7 cm³/mol. The highest BCUT2D eigenvalue weighted by Gasteiger charge is 2.29. The Morgan fingerprint density at radius 2 is 2.07 bits per heavy atom. The molecule has 3 heteroatoms. The van der Waals surface area contributed by atoms with Crippen LogP contribution in [0.4, 0.5) is 4.39 Å². The second kappa shape index (κ2) is 2.65. The zero-order valence-electron chi connectivity index (χ0n) is 7.33.